The fraction of sp³-hybridized carbons (Fsp3) is 0.780. The number of esters is 1. The largest absolute Gasteiger partial charge is 0.458 e. The van der Waals surface area contributed by atoms with E-state index in [1.165, 1.54) is 20.8 Å². The van der Waals surface area contributed by atoms with Crippen LogP contribution in [0.2, 0.25) is 0 Å². The number of primary amides is 1. The van der Waals surface area contributed by atoms with Gasteiger partial charge in [-0.1, -0.05) is 85.5 Å². The molecule has 1 saturated heterocycles. The van der Waals surface area contributed by atoms with Gasteiger partial charge >= 0.3 is 5.97 Å². The first kappa shape index (κ1) is 55.0. The number of nitrogens with zero attached hydrogens (tertiary/aromatic N) is 1. The molecule has 0 bridgehead atoms. The number of nitrogens with one attached hydrogen (secondary N) is 6. The zero-order chi connectivity index (χ0) is 47.1. The maximum atomic E-state index is 13.9. The SMILES string of the molecule is CC1NC(=O)C(CC(N)=O)NC(=O)C(C(C)O)NC(=O)C(C(C)C)NC(=O)C(C(C)C)NC(=O)C(NC(=O)CC(O)CCCCCCCCCCCCN=C(N)N)C(C)OC1=O. The molecule has 0 aromatic rings. The molecule has 0 aromatic heterocycles. The van der Waals surface area contributed by atoms with Crippen molar-refractivity contribution in [3.63, 3.8) is 0 Å². The van der Waals surface area contributed by atoms with E-state index in [0.717, 1.165) is 57.8 Å². The van der Waals surface area contributed by atoms with Gasteiger partial charge in [0, 0.05) is 6.54 Å². The maximum absolute atomic E-state index is 13.9. The number of amides is 7. The molecule has 0 saturated carbocycles. The summed E-state index contributed by atoms with van der Waals surface area (Å²) in [4.78, 5) is 110. The molecule has 7 amide bonds. The highest BCUT2D eigenvalue weighted by Crippen LogP contribution is 2.15. The molecule has 0 aliphatic carbocycles. The molecule has 1 rings (SSSR count). The zero-order valence-corrected chi connectivity index (χ0v) is 37.5. The molecule has 9 unspecified atom stereocenters. The Bertz CT molecular complexity index is 1520. The first-order valence-corrected chi connectivity index (χ1v) is 21.8. The summed E-state index contributed by atoms with van der Waals surface area (Å²) in [7, 11) is 0. The number of aliphatic hydroxyl groups is 2. The van der Waals surface area contributed by atoms with Crippen LogP contribution in [0.1, 0.15) is 132 Å². The molecule has 21 heteroatoms. The molecule has 1 aliphatic heterocycles. The number of unbranched alkanes of at least 4 members (excludes halogenated alkanes) is 9. The molecule has 9 atom stereocenters. The molecule has 354 valence electrons. The van der Waals surface area contributed by atoms with E-state index in [1.54, 1.807) is 27.7 Å². The van der Waals surface area contributed by atoms with Crippen molar-refractivity contribution < 1.29 is 53.3 Å². The Kier molecular flexibility index (Phi) is 25.3. The van der Waals surface area contributed by atoms with Gasteiger partial charge in [-0.15, -0.1) is 0 Å². The van der Waals surface area contributed by atoms with Gasteiger partial charge in [-0.3, -0.25) is 38.6 Å². The third-order valence-electron chi connectivity index (χ3n) is 10.3. The number of hydrogen-bond donors (Lipinski definition) is 11. The smallest absolute Gasteiger partial charge is 0.328 e. The van der Waals surface area contributed by atoms with Crippen molar-refractivity contribution in [3.8, 4) is 0 Å². The van der Waals surface area contributed by atoms with E-state index in [2.05, 4.69) is 36.9 Å². The normalized spacial score (nSPS) is 24.5. The lowest BCUT2D eigenvalue weighted by Gasteiger charge is -2.31. The van der Waals surface area contributed by atoms with Crippen LogP contribution in [0.4, 0.5) is 0 Å². The van der Waals surface area contributed by atoms with Crippen LogP contribution in [0, 0.1) is 11.8 Å². The van der Waals surface area contributed by atoms with E-state index in [4.69, 9.17) is 21.9 Å². The van der Waals surface area contributed by atoms with Gasteiger partial charge in [-0.2, -0.15) is 0 Å². The van der Waals surface area contributed by atoms with Gasteiger partial charge in [0.2, 0.25) is 41.4 Å². The number of aliphatic hydroxyl groups excluding tert-OH is 2. The molecule has 1 aliphatic rings. The van der Waals surface area contributed by atoms with Gasteiger partial charge in [0.1, 0.15) is 42.4 Å². The number of cyclic esters (lactones) is 1. The molecule has 0 aromatic carbocycles. The fourth-order valence-electron chi connectivity index (χ4n) is 6.66. The van der Waals surface area contributed by atoms with E-state index in [9.17, 15) is 48.6 Å². The minimum Gasteiger partial charge on any atom is -0.458 e. The van der Waals surface area contributed by atoms with Crippen LogP contribution in [0.25, 0.3) is 0 Å². The van der Waals surface area contributed by atoms with Crippen LogP contribution in [0.3, 0.4) is 0 Å². The number of rotatable bonds is 21. The summed E-state index contributed by atoms with van der Waals surface area (Å²) < 4.78 is 5.52. The van der Waals surface area contributed by atoms with E-state index in [0.29, 0.717) is 19.4 Å². The second kappa shape index (κ2) is 28.5. The van der Waals surface area contributed by atoms with Crippen molar-refractivity contribution in [3.05, 3.63) is 0 Å². The zero-order valence-electron chi connectivity index (χ0n) is 37.5. The first-order valence-electron chi connectivity index (χ1n) is 21.8. The van der Waals surface area contributed by atoms with Crippen LogP contribution in [0.5, 0.6) is 0 Å². The number of carbonyl (C=O) groups excluding carboxylic acids is 8. The average Bonchev–Trinajstić information content (AvgIpc) is 3.16. The van der Waals surface area contributed by atoms with Crippen LogP contribution in [-0.4, -0.2) is 125 Å². The maximum Gasteiger partial charge on any atom is 0.328 e. The third kappa shape index (κ3) is 21.2. The Morgan fingerprint density at radius 3 is 1.61 bits per heavy atom. The van der Waals surface area contributed by atoms with E-state index < -0.39 is 120 Å². The summed E-state index contributed by atoms with van der Waals surface area (Å²) in [6.07, 6.45) is 5.31. The van der Waals surface area contributed by atoms with Gasteiger partial charge < -0.3 is 64.1 Å². The highest BCUT2D eigenvalue weighted by atomic mass is 16.5. The summed E-state index contributed by atoms with van der Waals surface area (Å²) in [5.74, 6) is -8.62. The minimum atomic E-state index is -1.68. The minimum absolute atomic E-state index is 0.112. The second-order valence-electron chi connectivity index (χ2n) is 16.8. The molecule has 0 radical (unpaired) electrons. The lowest BCUT2D eigenvalue weighted by molar-refractivity contribution is -0.155. The van der Waals surface area contributed by atoms with Gasteiger partial charge in [-0.05, 0) is 45.4 Å². The number of guanidine groups is 1. The lowest BCUT2D eigenvalue weighted by atomic mass is 9.98. The fourth-order valence-corrected chi connectivity index (χ4v) is 6.66. The number of hydrogen-bond acceptors (Lipinski definition) is 12. The summed E-state index contributed by atoms with van der Waals surface area (Å²) in [5.41, 5.74) is 16.0. The van der Waals surface area contributed by atoms with Crippen molar-refractivity contribution in [2.24, 2.45) is 34.0 Å². The lowest BCUT2D eigenvalue weighted by Crippen LogP contribution is -2.63. The molecule has 14 N–H and O–H groups in total. The van der Waals surface area contributed by atoms with Crippen molar-refractivity contribution >= 4 is 53.3 Å². The van der Waals surface area contributed by atoms with Crippen LogP contribution in [-0.2, 0) is 43.1 Å². The van der Waals surface area contributed by atoms with Gasteiger partial charge in [-0.25, -0.2) is 4.79 Å². The van der Waals surface area contributed by atoms with E-state index >= 15 is 0 Å². The summed E-state index contributed by atoms with van der Waals surface area (Å²) in [6.45, 7) is 10.8. The molecule has 0 spiro atoms. The van der Waals surface area contributed by atoms with Gasteiger partial charge in [0.25, 0.3) is 0 Å². The summed E-state index contributed by atoms with van der Waals surface area (Å²) in [6, 6.07) is -8.99. The van der Waals surface area contributed by atoms with E-state index in [-0.39, 0.29) is 12.4 Å². The highest BCUT2D eigenvalue weighted by molar-refractivity contribution is 5.98. The standard InChI is InChI=1S/C41H74N10O11/c1-22(2)31-36(57)49-32(23(3)4)37(58)51-33(25(6)52)38(59)47-28(21-29(42)54)35(56)46-24(5)40(61)62-26(7)34(39(60)50-31)48-30(55)20-27(53)18-16-14-12-10-8-9-11-13-15-17-19-45-41(43)44/h22-28,31-34,52-53H,8-21H2,1-7H3,(H2,42,54)(H,46,56)(H,47,59)(H,48,55)(H,49,57)(H,50,60)(H,51,58)(H4,43,44,45). The average molecular weight is 883 g/mol. The number of nitrogens with two attached hydrogens (primary N) is 3. The molecule has 21 nitrogen and oxygen atoms in total. The van der Waals surface area contributed by atoms with Crippen LogP contribution >= 0.6 is 0 Å². The van der Waals surface area contributed by atoms with Crippen LogP contribution in [0.15, 0.2) is 4.99 Å². The number of ether oxygens (including phenoxy) is 1. The molecular formula is C41H74N10O11. The molecule has 1 heterocycles. The van der Waals surface area contributed by atoms with Crippen LogP contribution < -0.4 is 49.1 Å². The predicted octanol–water partition coefficient (Wildman–Crippen LogP) is -1.26. The molecule has 1 fully saturated rings. The Hall–Kier alpha value is -5.05. The first-order chi connectivity index (χ1) is 29.0. The molecule has 62 heavy (non-hydrogen) atoms. The molecular weight excluding hydrogens is 809 g/mol. The third-order valence-corrected chi connectivity index (χ3v) is 10.3. The number of carbonyl (C=O) groups is 8. The van der Waals surface area contributed by atoms with E-state index in [1.807, 2.05) is 0 Å². The topological polar surface area (TPSA) is 349 Å². The Morgan fingerprint density at radius 1 is 0.661 bits per heavy atom. The quantitative estimate of drug-likeness (QED) is 0.0278. The number of aliphatic imine (C=N–C) groups is 1. The van der Waals surface area contributed by atoms with Crippen molar-refractivity contribution in [1.82, 2.24) is 31.9 Å². The monoisotopic (exact) mass is 883 g/mol. The predicted molar refractivity (Wildman–Crippen MR) is 230 cm³/mol. The van der Waals surface area contributed by atoms with Crippen molar-refractivity contribution in [2.45, 2.75) is 186 Å². The summed E-state index contributed by atoms with van der Waals surface area (Å²) >= 11 is 0. The van der Waals surface area contributed by atoms with Crippen molar-refractivity contribution in [1.29, 1.82) is 0 Å². The highest BCUT2D eigenvalue weighted by Gasteiger charge is 2.39. The second-order valence-corrected chi connectivity index (χ2v) is 16.8. The Balaban J connectivity index is 3.18. The van der Waals surface area contributed by atoms with Gasteiger partial charge in [0.15, 0.2) is 5.96 Å². The van der Waals surface area contributed by atoms with Crippen molar-refractivity contribution in [2.75, 3.05) is 6.54 Å². The summed E-state index contributed by atoms with van der Waals surface area (Å²) in [5, 5.41) is 35.8. The Morgan fingerprint density at radius 2 is 1.13 bits per heavy atom. The Labute approximate surface area is 365 Å². The van der Waals surface area contributed by atoms with Gasteiger partial charge in [0.05, 0.1) is 25.0 Å².